The van der Waals surface area contributed by atoms with Crippen LogP contribution in [0.5, 0.6) is 0 Å². The molecule has 3 fully saturated rings. The molecule has 33 heavy (non-hydrogen) atoms. The van der Waals surface area contributed by atoms with Crippen LogP contribution < -0.4 is 0 Å². The number of aliphatic hydroxyl groups excluding tert-OH is 1. The molecule has 8 heteroatoms. The second-order valence-electron chi connectivity index (χ2n) is 10.5. The van der Waals surface area contributed by atoms with Gasteiger partial charge in [-0.1, -0.05) is 32.4 Å². The Morgan fingerprint density at radius 1 is 1.30 bits per heavy atom. The van der Waals surface area contributed by atoms with Gasteiger partial charge < -0.3 is 9.84 Å². The number of fused-ring (bicyclic) bond motifs is 5. The van der Waals surface area contributed by atoms with Gasteiger partial charge in [-0.05, 0) is 62.4 Å². The Bertz CT molecular complexity index is 949. The predicted molar refractivity (Wildman–Crippen MR) is 121 cm³/mol. The first-order valence-corrected chi connectivity index (χ1v) is 12.7. The molecule has 4 rings (SSSR count). The van der Waals surface area contributed by atoms with E-state index in [1.54, 1.807) is 33.8 Å². The van der Waals surface area contributed by atoms with Gasteiger partial charge in [-0.25, -0.2) is 8.78 Å². The van der Waals surface area contributed by atoms with Gasteiger partial charge in [-0.15, -0.1) is 0 Å². The highest BCUT2D eigenvalue weighted by Crippen LogP contribution is 2.71. The highest BCUT2D eigenvalue weighted by molar-refractivity contribution is 8.13. The van der Waals surface area contributed by atoms with E-state index in [1.165, 1.54) is 12.2 Å². The molecule has 5 nitrogen and oxygen atoms in total. The minimum absolute atomic E-state index is 0.0485. The number of aliphatic hydroxyl groups is 1. The van der Waals surface area contributed by atoms with Gasteiger partial charge in [-0.3, -0.25) is 14.4 Å². The lowest BCUT2D eigenvalue weighted by molar-refractivity contribution is -0.225. The molecule has 1 N–H and O–H groups in total. The van der Waals surface area contributed by atoms with Crippen LogP contribution in [0.4, 0.5) is 8.78 Å². The molecule has 0 aromatic carbocycles. The van der Waals surface area contributed by atoms with E-state index in [0.717, 1.165) is 0 Å². The Morgan fingerprint density at radius 2 is 2.00 bits per heavy atom. The van der Waals surface area contributed by atoms with Gasteiger partial charge in [0.15, 0.2) is 17.1 Å². The number of carbonyl (C=O) groups excluding carboxylic acids is 3. The molecule has 0 bridgehead atoms. The van der Waals surface area contributed by atoms with Gasteiger partial charge in [0.1, 0.15) is 6.01 Å². The van der Waals surface area contributed by atoms with E-state index in [-0.39, 0.29) is 24.5 Å². The van der Waals surface area contributed by atoms with E-state index < -0.39 is 57.1 Å². The standard InChI is InChI=1S/C25H32F2O5S/c1-5-20(30)32-25(21(31)33-13-26)14(2)10-18-17-7-6-15-11-16(28)8-9-22(15,3)24(17,27)19(29)12-23(18,25)4/h8-9,11,14,17-19,29H,5-7,10,12-13H2,1-4H3/t14-,17?,18?,19+,22+,23+,24+,25+/m1/s1. The number of hydrogen-bond donors (Lipinski definition) is 1. The molecule has 0 radical (unpaired) electrons. The number of carbonyl (C=O) groups is 3. The zero-order chi connectivity index (χ0) is 24.4. The van der Waals surface area contributed by atoms with Crippen molar-refractivity contribution in [1.82, 2.24) is 0 Å². The van der Waals surface area contributed by atoms with Gasteiger partial charge >= 0.3 is 5.97 Å². The van der Waals surface area contributed by atoms with Crippen LogP contribution >= 0.6 is 11.8 Å². The van der Waals surface area contributed by atoms with Gasteiger partial charge in [0.25, 0.3) is 0 Å². The third-order valence-electron chi connectivity index (χ3n) is 9.23. The number of ketones is 1. The van der Waals surface area contributed by atoms with E-state index in [2.05, 4.69) is 0 Å². The van der Waals surface area contributed by atoms with E-state index in [9.17, 15) is 23.9 Å². The number of ether oxygens (including phenoxy) is 1. The molecule has 0 spiro atoms. The number of rotatable bonds is 4. The molecule has 2 unspecified atom stereocenters. The summed E-state index contributed by atoms with van der Waals surface area (Å²) < 4.78 is 36.4. The fourth-order valence-corrected chi connectivity index (χ4v) is 8.42. The molecule has 0 aromatic heterocycles. The smallest absolute Gasteiger partial charge is 0.306 e. The lowest BCUT2D eigenvalue weighted by Crippen LogP contribution is -2.69. The first-order chi connectivity index (χ1) is 15.4. The lowest BCUT2D eigenvalue weighted by Gasteiger charge is -2.62. The second-order valence-corrected chi connectivity index (χ2v) is 11.4. The van der Waals surface area contributed by atoms with Crippen LogP contribution in [0.1, 0.15) is 59.8 Å². The molecule has 4 aliphatic carbocycles. The SMILES string of the molecule is CCC(=O)O[C@]1(C(=O)SCF)[C@H](C)CC2C3CCC4=CC(=O)C=C[C@]4(C)[C@@]3(F)[C@@H](O)C[C@@]21C. The Balaban J connectivity index is 1.84. The maximum atomic E-state index is 17.2. The van der Waals surface area contributed by atoms with Gasteiger partial charge in [0.05, 0.1) is 6.10 Å². The quantitative estimate of drug-likeness (QED) is 0.595. The lowest BCUT2D eigenvalue weighted by atomic mass is 9.45. The zero-order valence-electron chi connectivity index (χ0n) is 19.5. The van der Waals surface area contributed by atoms with Crippen molar-refractivity contribution in [3.05, 3.63) is 23.8 Å². The molecule has 0 heterocycles. The van der Waals surface area contributed by atoms with E-state index in [1.807, 2.05) is 0 Å². The summed E-state index contributed by atoms with van der Waals surface area (Å²) in [6.07, 6.45) is 4.24. The second kappa shape index (κ2) is 8.01. The zero-order valence-corrected chi connectivity index (χ0v) is 20.3. The third-order valence-corrected chi connectivity index (χ3v) is 9.91. The summed E-state index contributed by atoms with van der Waals surface area (Å²) >= 11 is 0.469. The summed E-state index contributed by atoms with van der Waals surface area (Å²) in [5, 5.41) is 10.8. The van der Waals surface area contributed by atoms with Crippen molar-refractivity contribution in [3.63, 3.8) is 0 Å². The van der Waals surface area contributed by atoms with Crippen LogP contribution in [0.2, 0.25) is 0 Å². The van der Waals surface area contributed by atoms with Crippen molar-refractivity contribution >= 4 is 28.6 Å². The average Bonchev–Trinajstić information content (AvgIpc) is 2.97. The van der Waals surface area contributed by atoms with Crippen molar-refractivity contribution in [2.24, 2.45) is 28.6 Å². The van der Waals surface area contributed by atoms with Crippen molar-refractivity contribution in [2.75, 3.05) is 6.01 Å². The number of halogens is 2. The predicted octanol–water partition coefficient (Wildman–Crippen LogP) is 4.48. The summed E-state index contributed by atoms with van der Waals surface area (Å²) in [7, 11) is 0. The monoisotopic (exact) mass is 482 g/mol. The van der Waals surface area contributed by atoms with Gasteiger partial charge in [-0.2, -0.15) is 0 Å². The fraction of sp³-hybridized carbons (Fsp3) is 0.720. The third kappa shape index (κ3) is 3.01. The molecule has 0 saturated heterocycles. The number of allylic oxidation sites excluding steroid dienone is 4. The van der Waals surface area contributed by atoms with Crippen LogP contribution in [0.25, 0.3) is 0 Å². The Labute approximate surface area is 197 Å². The molecule has 0 aromatic rings. The first-order valence-electron chi connectivity index (χ1n) is 11.7. The van der Waals surface area contributed by atoms with Crippen molar-refractivity contribution in [1.29, 1.82) is 0 Å². The topological polar surface area (TPSA) is 80.7 Å². The fourth-order valence-electron chi connectivity index (χ4n) is 7.63. The molecular weight excluding hydrogens is 450 g/mol. The summed E-state index contributed by atoms with van der Waals surface area (Å²) in [5.74, 6) is -2.19. The van der Waals surface area contributed by atoms with Crippen LogP contribution in [0.15, 0.2) is 23.8 Å². The molecular formula is C25H32F2O5S. The average molecular weight is 483 g/mol. The highest BCUT2D eigenvalue weighted by atomic mass is 32.2. The van der Waals surface area contributed by atoms with Crippen molar-refractivity contribution < 1.29 is 33.0 Å². The molecule has 8 atom stereocenters. The Morgan fingerprint density at radius 3 is 2.64 bits per heavy atom. The van der Waals surface area contributed by atoms with Gasteiger partial charge in [0, 0.05) is 29.1 Å². The highest BCUT2D eigenvalue weighted by Gasteiger charge is 2.77. The summed E-state index contributed by atoms with van der Waals surface area (Å²) in [4.78, 5) is 37.8. The van der Waals surface area contributed by atoms with Crippen molar-refractivity contribution in [3.8, 4) is 0 Å². The molecule has 4 aliphatic rings. The van der Waals surface area contributed by atoms with Crippen molar-refractivity contribution in [2.45, 2.75) is 77.2 Å². The maximum absolute atomic E-state index is 17.2. The molecule has 182 valence electrons. The number of alkyl halides is 2. The van der Waals surface area contributed by atoms with Crippen LogP contribution in [0.3, 0.4) is 0 Å². The number of esters is 1. The minimum atomic E-state index is -2.04. The van der Waals surface area contributed by atoms with E-state index >= 15 is 4.39 Å². The maximum Gasteiger partial charge on any atom is 0.306 e. The Kier molecular flexibility index (Phi) is 5.96. The molecule has 0 aliphatic heterocycles. The summed E-state index contributed by atoms with van der Waals surface area (Å²) in [6.45, 7) is 6.94. The Hall–Kier alpha value is -1.54. The molecule has 0 amide bonds. The summed E-state index contributed by atoms with van der Waals surface area (Å²) in [5.41, 5.74) is -5.20. The number of thioether (sulfide) groups is 1. The van der Waals surface area contributed by atoms with E-state index in [4.69, 9.17) is 4.74 Å². The van der Waals surface area contributed by atoms with Crippen LogP contribution in [-0.2, 0) is 19.1 Å². The minimum Gasteiger partial charge on any atom is -0.449 e. The molecule has 3 saturated carbocycles. The number of hydrogen-bond acceptors (Lipinski definition) is 6. The van der Waals surface area contributed by atoms with Gasteiger partial charge in [0.2, 0.25) is 5.12 Å². The van der Waals surface area contributed by atoms with Crippen LogP contribution in [-0.4, -0.2) is 45.4 Å². The normalized spacial score (nSPS) is 46.2. The first kappa shape index (κ1) is 24.6. The summed E-state index contributed by atoms with van der Waals surface area (Å²) in [6, 6.07) is -0.957. The van der Waals surface area contributed by atoms with E-state index in [0.29, 0.717) is 36.6 Å². The largest absolute Gasteiger partial charge is 0.449 e. The van der Waals surface area contributed by atoms with Crippen LogP contribution in [0, 0.1) is 28.6 Å².